The summed E-state index contributed by atoms with van der Waals surface area (Å²) >= 11 is 0. The Morgan fingerprint density at radius 3 is 2.11 bits per heavy atom. The number of hydrogen-bond donors (Lipinski definition) is 0. The van der Waals surface area contributed by atoms with Crippen molar-refractivity contribution >= 4 is 25.8 Å². The van der Waals surface area contributed by atoms with Gasteiger partial charge in [-0.1, -0.05) is 26.0 Å². The first kappa shape index (κ1) is 26.3. The maximum Gasteiger partial charge on any atom is 0.339 e. The van der Waals surface area contributed by atoms with Gasteiger partial charge in [0.1, 0.15) is 16.5 Å². The number of non-ortho nitro benzene ring substituents is 1. The molecule has 0 aliphatic heterocycles. The van der Waals surface area contributed by atoms with Crippen LogP contribution in [0.2, 0.25) is 0 Å². The average Bonchev–Trinajstić information content (AvgIpc) is 2.78. The summed E-state index contributed by atoms with van der Waals surface area (Å²) in [5.41, 5.74) is 0.231. The highest BCUT2D eigenvalue weighted by atomic mass is 32.2. The number of rotatable bonds is 10. The summed E-state index contributed by atoms with van der Waals surface area (Å²) in [6.45, 7) is 3.74. The first-order valence-corrected chi connectivity index (χ1v) is 13.3. The van der Waals surface area contributed by atoms with Crippen LogP contribution in [-0.2, 0) is 26.7 Å². The zero-order valence-corrected chi connectivity index (χ0v) is 20.5. The van der Waals surface area contributed by atoms with Crippen LogP contribution < -0.4 is 4.18 Å². The Morgan fingerprint density at radius 1 is 0.943 bits per heavy atom. The molecule has 186 valence electrons. The maximum absolute atomic E-state index is 13.3. The molecule has 0 spiro atoms. The summed E-state index contributed by atoms with van der Waals surface area (Å²) in [6, 6.07) is 14.7. The first-order valence-electron chi connectivity index (χ1n) is 10.4. The van der Waals surface area contributed by atoms with Gasteiger partial charge in [0, 0.05) is 25.2 Å². The van der Waals surface area contributed by atoms with Crippen molar-refractivity contribution in [1.29, 1.82) is 0 Å². The minimum Gasteiger partial charge on any atom is -0.379 e. The molecule has 0 bridgehead atoms. The van der Waals surface area contributed by atoms with Gasteiger partial charge in [0.15, 0.2) is 0 Å². The monoisotopic (exact) mass is 522 g/mol. The molecule has 0 unspecified atom stereocenters. The highest BCUT2D eigenvalue weighted by molar-refractivity contribution is 7.89. The van der Waals surface area contributed by atoms with Crippen LogP contribution in [-0.4, -0.2) is 32.6 Å². The number of benzene rings is 3. The van der Waals surface area contributed by atoms with Gasteiger partial charge in [0.25, 0.3) is 5.69 Å². The van der Waals surface area contributed by atoms with Crippen LogP contribution in [0.1, 0.15) is 19.4 Å². The van der Waals surface area contributed by atoms with E-state index in [0.29, 0.717) is 5.56 Å². The molecule has 3 rings (SSSR count). The van der Waals surface area contributed by atoms with Gasteiger partial charge >= 0.3 is 10.1 Å². The Hall–Kier alpha value is -3.35. The van der Waals surface area contributed by atoms with Gasteiger partial charge in [-0.05, 0) is 60.0 Å². The zero-order chi connectivity index (χ0) is 25.8. The third-order valence-electron chi connectivity index (χ3n) is 4.82. The van der Waals surface area contributed by atoms with Gasteiger partial charge < -0.3 is 4.18 Å². The molecule has 0 aliphatic rings. The van der Waals surface area contributed by atoms with Crippen molar-refractivity contribution in [2.24, 2.45) is 5.92 Å². The molecule has 0 saturated heterocycles. The molecular formula is C23H23FN2O7S2. The molecule has 0 amide bonds. The third kappa shape index (κ3) is 6.62. The molecule has 0 fully saturated rings. The maximum atomic E-state index is 13.3. The number of nitro benzene ring substituents is 1. The van der Waals surface area contributed by atoms with Crippen molar-refractivity contribution in [3.63, 3.8) is 0 Å². The Morgan fingerprint density at radius 2 is 1.54 bits per heavy atom. The molecule has 0 N–H and O–H groups in total. The summed E-state index contributed by atoms with van der Waals surface area (Å²) in [4.78, 5) is 9.94. The molecule has 9 nitrogen and oxygen atoms in total. The van der Waals surface area contributed by atoms with E-state index in [1.54, 1.807) is 6.07 Å². The van der Waals surface area contributed by atoms with E-state index in [-0.39, 0.29) is 40.2 Å². The number of nitrogens with zero attached hydrogens (tertiary/aromatic N) is 2. The Balaban J connectivity index is 1.87. The summed E-state index contributed by atoms with van der Waals surface area (Å²) < 4.78 is 71.1. The van der Waals surface area contributed by atoms with Crippen molar-refractivity contribution < 1.29 is 30.3 Å². The first-order chi connectivity index (χ1) is 16.4. The van der Waals surface area contributed by atoms with Gasteiger partial charge in [-0.25, -0.2) is 12.8 Å². The van der Waals surface area contributed by atoms with Crippen molar-refractivity contribution in [3.05, 3.63) is 94.3 Å². The number of halogens is 1. The predicted octanol–water partition coefficient (Wildman–Crippen LogP) is 4.35. The highest BCUT2D eigenvalue weighted by Crippen LogP contribution is 2.25. The lowest BCUT2D eigenvalue weighted by atomic mass is 10.2. The molecule has 0 saturated carbocycles. The fourth-order valence-corrected chi connectivity index (χ4v) is 5.73. The van der Waals surface area contributed by atoms with Crippen LogP contribution >= 0.6 is 0 Å². The van der Waals surface area contributed by atoms with Crippen LogP contribution in [0.4, 0.5) is 10.1 Å². The number of hydrogen-bond acceptors (Lipinski definition) is 7. The van der Waals surface area contributed by atoms with Crippen molar-refractivity contribution in [1.82, 2.24) is 4.31 Å². The van der Waals surface area contributed by atoms with Crippen molar-refractivity contribution in [2.75, 3.05) is 6.54 Å². The van der Waals surface area contributed by atoms with Crippen molar-refractivity contribution in [2.45, 2.75) is 30.2 Å². The molecular weight excluding hydrogens is 499 g/mol. The summed E-state index contributed by atoms with van der Waals surface area (Å²) in [5.74, 6) is -0.671. The van der Waals surface area contributed by atoms with Crippen LogP contribution in [0.3, 0.4) is 0 Å². The van der Waals surface area contributed by atoms with Gasteiger partial charge in [0.2, 0.25) is 10.0 Å². The van der Waals surface area contributed by atoms with Crippen LogP contribution in [0, 0.1) is 21.8 Å². The van der Waals surface area contributed by atoms with E-state index in [4.69, 9.17) is 4.18 Å². The van der Waals surface area contributed by atoms with Gasteiger partial charge in [-0.15, -0.1) is 0 Å². The fourth-order valence-electron chi connectivity index (χ4n) is 3.22. The Bertz CT molecular complexity index is 1410. The van der Waals surface area contributed by atoms with E-state index in [0.717, 1.165) is 36.4 Å². The average molecular weight is 523 g/mol. The standard InChI is InChI=1S/C23H23FN2O7S2/c1-17(2)15-25(34(29,30)22-12-8-20(9-13-22)26(27)28)16-18-4-3-5-21(14-18)33-35(31,32)23-10-6-19(24)7-11-23/h3-14,17H,15-16H2,1-2H3. The van der Waals surface area contributed by atoms with E-state index in [1.165, 1.54) is 34.6 Å². The number of nitro groups is 1. The topological polar surface area (TPSA) is 124 Å². The largest absolute Gasteiger partial charge is 0.379 e. The van der Waals surface area contributed by atoms with Gasteiger partial charge in [-0.3, -0.25) is 10.1 Å². The SMILES string of the molecule is CC(C)CN(Cc1cccc(OS(=O)(=O)c2ccc(F)cc2)c1)S(=O)(=O)c1ccc([N+](=O)[O-])cc1. The van der Waals surface area contributed by atoms with E-state index in [2.05, 4.69) is 0 Å². The molecule has 0 heterocycles. The van der Waals surface area contributed by atoms with Gasteiger partial charge in [-0.2, -0.15) is 12.7 Å². The quantitative estimate of drug-likeness (QED) is 0.220. The lowest BCUT2D eigenvalue weighted by molar-refractivity contribution is -0.384. The number of sulfonamides is 1. The third-order valence-corrected chi connectivity index (χ3v) is 7.91. The second-order valence-corrected chi connectivity index (χ2v) is 11.6. The molecule has 3 aromatic carbocycles. The van der Waals surface area contributed by atoms with Gasteiger partial charge in [0.05, 0.1) is 9.82 Å². The highest BCUT2D eigenvalue weighted by Gasteiger charge is 2.26. The summed E-state index contributed by atoms with van der Waals surface area (Å²) in [6.07, 6.45) is 0. The second kappa shape index (κ2) is 10.5. The van der Waals surface area contributed by atoms with Crippen LogP contribution in [0.15, 0.2) is 82.6 Å². The minimum atomic E-state index is -4.23. The molecule has 0 aromatic heterocycles. The predicted molar refractivity (Wildman–Crippen MR) is 126 cm³/mol. The normalized spacial score (nSPS) is 12.1. The molecule has 3 aromatic rings. The summed E-state index contributed by atoms with van der Waals surface area (Å²) in [5, 5.41) is 10.9. The zero-order valence-electron chi connectivity index (χ0n) is 18.9. The molecule has 35 heavy (non-hydrogen) atoms. The fraction of sp³-hybridized carbons (Fsp3) is 0.217. The van der Waals surface area contributed by atoms with Crippen molar-refractivity contribution in [3.8, 4) is 5.75 Å². The molecule has 12 heteroatoms. The lowest BCUT2D eigenvalue weighted by Gasteiger charge is -2.24. The molecule has 0 aliphatic carbocycles. The van der Waals surface area contributed by atoms with E-state index < -0.39 is 30.9 Å². The lowest BCUT2D eigenvalue weighted by Crippen LogP contribution is -2.33. The van der Waals surface area contributed by atoms with E-state index in [1.807, 2.05) is 13.8 Å². The smallest absolute Gasteiger partial charge is 0.339 e. The molecule has 0 atom stereocenters. The Labute approximate surface area is 203 Å². The van der Waals surface area contributed by atoms with Crippen LogP contribution in [0.25, 0.3) is 0 Å². The van der Waals surface area contributed by atoms with E-state index in [9.17, 15) is 31.3 Å². The minimum absolute atomic E-state index is 0.0379. The molecule has 0 radical (unpaired) electrons. The Kier molecular flexibility index (Phi) is 7.88. The summed E-state index contributed by atoms with van der Waals surface area (Å²) in [7, 11) is -8.25. The van der Waals surface area contributed by atoms with Crippen LogP contribution in [0.5, 0.6) is 5.75 Å². The second-order valence-electron chi connectivity index (χ2n) is 8.08. The van der Waals surface area contributed by atoms with E-state index >= 15 is 0 Å².